The van der Waals surface area contributed by atoms with Crippen LogP contribution in [-0.2, 0) is 0 Å². The molecule has 0 aliphatic heterocycles. The minimum Gasteiger partial charge on any atom is -0.210 e. The first-order valence-electron chi connectivity index (χ1n) is 1.36. The monoisotopic (exact) mass is 81.0 g/mol. The lowest BCUT2D eigenvalue weighted by Crippen LogP contribution is -1.83. The molecule has 0 fully saturated rings. The van der Waals surface area contributed by atoms with Gasteiger partial charge in [0.2, 0.25) is 6.33 Å². The fourth-order valence-corrected chi connectivity index (χ4v) is 0.146. The average Bonchev–Trinajstić information content (AvgIpc) is 1.72. The second-order valence-corrected chi connectivity index (χ2v) is 0.649. The number of aromatic nitrogens is 4. The highest BCUT2D eigenvalue weighted by Gasteiger charge is 1.63. The molecule has 0 unspecified atom stereocenters. The van der Waals surface area contributed by atoms with Crippen LogP contribution in [0, 0.1) is 6.33 Å². The van der Waals surface area contributed by atoms with Crippen LogP contribution < -0.4 is 0 Å². The lowest BCUT2D eigenvalue weighted by molar-refractivity contribution is 0.810. The van der Waals surface area contributed by atoms with E-state index < -0.39 is 0 Å². The van der Waals surface area contributed by atoms with E-state index in [0.29, 0.717) is 0 Å². The molecule has 0 atom stereocenters. The van der Waals surface area contributed by atoms with Crippen LogP contribution in [0.3, 0.4) is 0 Å². The van der Waals surface area contributed by atoms with Crippen molar-refractivity contribution in [2.24, 2.45) is 0 Å². The topological polar surface area (TPSA) is 51.6 Å². The van der Waals surface area contributed by atoms with Crippen molar-refractivity contribution in [1.29, 1.82) is 0 Å². The molecule has 6 heavy (non-hydrogen) atoms. The van der Waals surface area contributed by atoms with E-state index in [0.717, 1.165) is 0 Å². The van der Waals surface area contributed by atoms with E-state index in [1.54, 1.807) is 0 Å². The van der Waals surface area contributed by atoms with Crippen molar-refractivity contribution >= 4 is 0 Å². The third-order valence-corrected chi connectivity index (χ3v) is 0.308. The number of hydrogen-bond acceptors (Lipinski definition) is 4. The van der Waals surface area contributed by atoms with Crippen molar-refractivity contribution in [2.45, 2.75) is 0 Å². The maximum atomic E-state index is 3.38. The average molecular weight is 81.1 g/mol. The molecule has 0 aliphatic rings. The summed E-state index contributed by atoms with van der Waals surface area (Å²) in [5.74, 6) is 0. The smallest absolute Gasteiger partial charge is 0.210 e. The van der Waals surface area contributed by atoms with E-state index in [2.05, 4.69) is 26.7 Å². The third kappa shape index (κ3) is 0.453. The van der Waals surface area contributed by atoms with Gasteiger partial charge < -0.3 is 0 Å². The summed E-state index contributed by atoms with van der Waals surface area (Å²) in [5.41, 5.74) is 0. The summed E-state index contributed by atoms with van der Waals surface area (Å²) >= 11 is 0. The molecule has 0 aromatic carbocycles. The maximum absolute atomic E-state index is 3.38. The van der Waals surface area contributed by atoms with Crippen molar-refractivity contribution in [1.82, 2.24) is 20.4 Å². The van der Waals surface area contributed by atoms with Crippen LogP contribution in [0.5, 0.6) is 0 Å². The van der Waals surface area contributed by atoms with Crippen LogP contribution in [-0.4, -0.2) is 20.4 Å². The lowest BCUT2D eigenvalue weighted by Gasteiger charge is -1.66. The van der Waals surface area contributed by atoms with E-state index in [1.165, 1.54) is 6.33 Å². The van der Waals surface area contributed by atoms with Gasteiger partial charge in [-0.25, -0.2) is 4.98 Å². The molecule has 1 rings (SSSR count). The van der Waals surface area contributed by atoms with Crippen LogP contribution >= 0.6 is 0 Å². The van der Waals surface area contributed by atoms with Crippen molar-refractivity contribution < 1.29 is 0 Å². The van der Waals surface area contributed by atoms with Crippen LogP contribution in [0.1, 0.15) is 0 Å². The normalized spacial score (nSPS) is 8.00. The Labute approximate surface area is 34.2 Å². The number of nitrogens with zero attached hydrogens (tertiary/aromatic N) is 4. The summed E-state index contributed by atoms with van der Waals surface area (Å²) in [6.07, 6.45) is 3.49. The zero-order chi connectivity index (χ0) is 4.24. The third-order valence-electron chi connectivity index (χ3n) is 0.308. The zero-order valence-corrected chi connectivity index (χ0v) is 2.87. The predicted octanol–water partition coefficient (Wildman–Crippen LogP) is -0.933. The Kier molecular flexibility index (Phi) is 0.731. The van der Waals surface area contributed by atoms with Crippen molar-refractivity contribution in [3.8, 4) is 0 Å². The van der Waals surface area contributed by atoms with Gasteiger partial charge in [0, 0.05) is 0 Å². The second-order valence-electron chi connectivity index (χ2n) is 0.649. The summed E-state index contributed by atoms with van der Waals surface area (Å²) in [4.78, 5) is 3.38. The van der Waals surface area contributed by atoms with Crippen molar-refractivity contribution in [3.63, 3.8) is 0 Å². The fourth-order valence-electron chi connectivity index (χ4n) is 0.146. The minimum atomic E-state index is 1.27. The highest BCUT2D eigenvalue weighted by molar-refractivity contribution is 4.36. The first-order chi connectivity index (χ1) is 3.00. The standard InChI is InChI=1S/C2HN4/c1-3-2-5-6-4-1/h1H. The molecule has 1 radical (unpaired) electrons. The molecule has 1 aromatic heterocycles. The molecular formula is C2HN4. The van der Waals surface area contributed by atoms with Gasteiger partial charge in [-0.05, 0) is 5.21 Å². The van der Waals surface area contributed by atoms with E-state index in [-0.39, 0.29) is 0 Å². The molecule has 0 aliphatic carbocycles. The predicted molar refractivity (Wildman–Crippen MR) is 16.5 cm³/mol. The quantitative estimate of drug-likeness (QED) is 0.404. The molecule has 1 heterocycles. The summed E-state index contributed by atoms with van der Waals surface area (Å²) in [5, 5.41) is 9.64. The van der Waals surface area contributed by atoms with Gasteiger partial charge in [0.05, 0.1) is 0 Å². The van der Waals surface area contributed by atoms with Crippen molar-refractivity contribution in [3.05, 3.63) is 12.7 Å². The molecule has 29 valence electrons. The fraction of sp³-hybridized carbons (Fsp3) is 0. The maximum Gasteiger partial charge on any atom is 0.224 e. The summed E-state index contributed by atoms with van der Waals surface area (Å²) in [7, 11) is 0. The van der Waals surface area contributed by atoms with Crippen LogP contribution in [0.2, 0.25) is 0 Å². The van der Waals surface area contributed by atoms with Gasteiger partial charge in [0.15, 0.2) is 0 Å². The van der Waals surface area contributed by atoms with Crippen LogP contribution in [0.4, 0.5) is 0 Å². The van der Waals surface area contributed by atoms with E-state index >= 15 is 0 Å². The second kappa shape index (κ2) is 1.40. The Balaban J connectivity index is 3.00. The van der Waals surface area contributed by atoms with Gasteiger partial charge in [-0.1, -0.05) is 0 Å². The Morgan fingerprint density at radius 2 is 2.50 bits per heavy atom. The lowest BCUT2D eigenvalue weighted by atomic mass is 11.2. The van der Waals surface area contributed by atoms with Gasteiger partial charge in [0.25, 0.3) is 0 Å². The Hall–Kier alpha value is -1.06. The van der Waals surface area contributed by atoms with Gasteiger partial charge in [-0.3, -0.25) is 0 Å². The number of rotatable bonds is 0. The largest absolute Gasteiger partial charge is 0.224 e. The SMILES string of the molecule is [c]1ncnnn1. The highest BCUT2D eigenvalue weighted by Crippen LogP contribution is 1.49. The molecular weight excluding hydrogens is 80.0 g/mol. The Morgan fingerprint density at radius 1 is 1.50 bits per heavy atom. The van der Waals surface area contributed by atoms with Gasteiger partial charge in [-0.2, -0.15) is 0 Å². The molecule has 4 nitrogen and oxygen atoms in total. The minimum absolute atomic E-state index is 1.27. The van der Waals surface area contributed by atoms with Crippen LogP contribution in [0.15, 0.2) is 6.33 Å². The van der Waals surface area contributed by atoms with Gasteiger partial charge >= 0.3 is 0 Å². The first-order valence-corrected chi connectivity index (χ1v) is 1.36. The van der Waals surface area contributed by atoms with Crippen molar-refractivity contribution in [2.75, 3.05) is 0 Å². The zero-order valence-electron chi connectivity index (χ0n) is 2.87. The van der Waals surface area contributed by atoms with Crippen LogP contribution in [0.25, 0.3) is 0 Å². The summed E-state index contributed by atoms with van der Waals surface area (Å²) in [6, 6.07) is 0. The number of hydrogen-bond donors (Lipinski definition) is 0. The van der Waals surface area contributed by atoms with Gasteiger partial charge in [0.1, 0.15) is 6.33 Å². The van der Waals surface area contributed by atoms with E-state index in [4.69, 9.17) is 0 Å². The highest BCUT2D eigenvalue weighted by atomic mass is 15.3. The molecule has 0 amide bonds. The molecule has 0 saturated carbocycles. The molecule has 4 heteroatoms. The summed E-state index contributed by atoms with van der Waals surface area (Å²) < 4.78 is 0. The molecule has 0 spiro atoms. The van der Waals surface area contributed by atoms with Gasteiger partial charge in [-0.15, -0.1) is 10.2 Å². The Morgan fingerprint density at radius 3 is 2.67 bits per heavy atom. The molecule has 1 aromatic rings. The first kappa shape index (κ1) is 3.14. The molecule has 0 bridgehead atoms. The molecule has 0 N–H and O–H groups in total. The molecule has 0 saturated heterocycles. The Bertz CT molecular complexity index is 77.5. The van der Waals surface area contributed by atoms with E-state index in [1.807, 2.05) is 0 Å². The van der Waals surface area contributed by atoms with E-state index in [9.17, 15) is 0 Å². The summed E-state index contributed by atoms with van der Waals surface area (Å²) in [6.45, 7) is 0.